The summed E-state index contributed by atoms with van der Waals surface area (Å²) in [4.78, 5) is 6.75. The van der Waals surface area contributed by atoms with E-state index in [4.69, 9.17) is 4.74 Å². The molecule has 0 saturated carbocycles. The van der Waals surface area contributed by atoms with Crippen LogP contribution in [0.3, 0.4) is 0 Å². The maximum atomic E-state index is 5.95. The van der Waals surface area contributed by atoms with Crippen molar-refractivity contribution in [3.63, 3.8) is 0 Å². The van der Waals surface area contributed by atoms with Crippen LogP contribution < -0.4 is 15.4 Å². The SMILES string of the molecule is CN=C(NCc1ccc(C)cc1OC(C)C)NCC1CCN(C)CC1. The molecule has 2 rings (SSSR count). The van der Waals surface area contributed by atoms with Gasteiger partial charge in [-0.1, -0.05) is 12.1 Å². The minimum Gasteiger partial charge on any atom is -0.491 e. The van der Waals surface area contributed by atoms with Gasteiger partial charge >= 0.3 is 0 Å². The molecular weight excluding hydrogens is 312 g/mol. The molecule has 1 aliphatic heterocycles. The average Bonchev–Trinajstić information content (AvgIpc) is 2.57. The van der Waals surface area contributed by atoms with Crippen LogP contribution in [0.15, 0.2) is 23.2 Å². The summed E-state index contributed by atoms with van der Waals surface area (Å²) < 4.78 is 5.95. The lowest BCUT2D eigenvalue weighted by molar-refractivity contribution is 0.220. The molecule has 5 nitrogen and oxygen atoms in total. The van der Waals surface area contributed by atoms with E-state index in [1.165, 1.54) is 31.5 Å². The van der Waals surface area contributed by atoms with Crippen molar-refractivity contribution in [2.75, 3.05) is 33.7 Å². The average molecular weight is 347 g/mol. The molecule has 0 unspecified atom stereocenters. The number of rotatable bonds is 6. The minimum absolute atomic E-state index is 0.169. The molecule has 0 amide bonds. The Hall–Kier alpha value is -1.75. The lowest BCUT2D eigenvalue weighted by Gasteiger charge is -2.29. The number of likely N-dealkylation sites (tertiary alicyclic amines) is 1. The highest BCUT2D eigenvalue weighted by Gasteiger charge is 2.16. The van der Waals surface area contributed by atoms with Gasteiger partial charge in [0.1, 0.15) is 5.75 Å². The second-order valence-electron chi connectivity index (χ2n) is 7.33. The van der Waals surface area contributed by atoms with E-state index < -0.39 is 0 Å². The number of guanidine groups is 1. The summed E-state index contributed by atoms with van der Waals surface area (Å²) in [5.74, 6) is 2.54. The lowest BCUT2D eigenvalue weighted by Crippen LogP contribution is -2.42. The zero-order valence-electron chi connectivity index (χ0n) is 16.4. The van der Waals surface area contributed by atoms with Crippen molar-refractivity contribution < 1.29 is 4.74 Å². The van der Waals surface area contributed by atoms with Crippen LogP contribution in [0.4, 0.5) is 0 Å². The van der Waals surface area contributed by atoms with E-state index in [-0.39, 0.29) is 6.10 Å². The van der Waals surface area contributed by atoms with Crippen molar-refractivity contribution in [1.29, 1.82) is 0 Å². The van der Waals surface area contributed by atoms with E-state index in [0.29, 0.717) is 6.54 Å². The Balaban J connectivity index is 1.86. The van der Waals surface area contributed by atoms with Gasteiger partial charge in [0.25, 0.3) is 0 Å². The topological polar surface area (TPSA) is 48.9 Å². The van der Waals surface area contributed by atoms with Crippen molar-refractivity contribution in [3.05, 3.63) is 29.3 Å². The van der Waals surface area contributed by atoms with E-state index in [0.717, 1.165) is 29.7 Å². The number of ether oxygens (including phenoxy) is 1. The van der Waals surface area contributed by atoms with Gasteiger partial charge in [0.2, 0.25) is 0 Å². The van der Waals surface area contributed by atoms with E-state index in [1.54, 1.807) is 0 Å². The zero-order valence-corrected chi connectivity index (χ0v) is 16.4. The number of nitrogens with zero attached hydrogens (tertiary/aromatic N) is 2. The molecule has 0 aliphatic carbocycles. The fourth-order valence-corrected chi connectivity index (χ4v) is 3.08. The van der Waals surface area contributed by atoms with Gasteiger partial charge in [0, 0.05) is 25.7 Å². The number of aryl methyl sites for hydroxylation is 1. The molecule has 0 aromatic heterocycles. The summed E-state index contributed by atoms with van der Waals surface area (Å²) in [6, 6.07) is 6.36. The van der Waals surface area contributed by atoms with E-state index in [9.17, 15) is 0 Å². The minimum atomic E-state index is 0.169. The highest BCUT2D eigenvalue weighted by atomic mass is 16.5. The van der Waals surface area contributed by atoms with Crippen LogP contribution in [0.1, 0.15) is 37.8 Å². The van der Waals surface area contributed by atoms with Gasteiger partial charge in [-0.05, 0) is 71.3 Å². The third-order valence-electron chi connectivity index (χ3n) is 4.65. The van der Waals surface area contributed by atoms with Crippen LogP contribution in [0.25, 0.3) is 0 Å². The van der Waals surface area contributed by atoms with Crippen molar-refractivity contribution in [1.82, 2.24) is 15.5 Å². The molecule has 1 saturated heterocycles. The predicted molar refractivity (Wildman–Crippen MR) is 105 cm³/mol. The van der Waals surface area contributed by atoms with Crippen LogP contribution in [0.5, 0.6) is 5.75 Å². The van der Waals surface area contributed by atoms with E-state index >= 15 is 0 Å². The molecule has 140 valence electrons. The van der Waals surface area contributed by atoms with Gasteiger partial charge in [-0.2, -0.15) is 0 Å². The second kappa shape index (κ2) is 9.66. The Kier molecular flexibility index (Phi) is 7.56. The molecule has 0 bridgehead atoms. The number of piperidine rings is 1. The predicted octanol–water partition coefficient (Wildman–Crippen LogP) is 2.79. The Labute approximate surface area is 152 Å². The first-order chi connectivity index (χ1) is 12.0. The fraction of sp³-hybridized carbons (Fsp3) is 0.650. The largest absolute Gasteiger partial charge is 0.491 e. The Bertz CT molecular complexity index is 563. The third-order valence-corrected chi connectivity index (χ3v) is 4.65. The van der Waals surface area contributed by atoms with Crippen LogP contribution >= 0.6 is 0 Å². The monoisotopic (exact) mass is 346 g/mol. The molecule has 1 fully saturated rings. The Morgan fingerprint density at radius 3 is 2.64 bits per heavy atom. The molecule has 2 N–H and O–H groups in total. The lowest BCUT2D eigenvalue weighted by atomic mass is 9.97. The van der Waals surface area contributed by atoms with Crippen molar-refractivity contribution in [3.8, 4) is 5.75 Å². The smallest absolute Gasteiger partial charge is 0.191 e. The summed E-state index contributed by atoms with van der Waals surface area (Å²) in [5, 5.41) is 6.89. The van der Waals surface area contributed by atoms with Crippen molar-refractivity contribution in [2.45, 2.75) is 46.3 Å². The molecule has 1 aromatic carbocycles. The third kappa shape index (κ3) is 6.58. The molecule has 1 aromatic rings. The first-order valence-corrected chi connectivity index (χ1v) is 9.37. The highest BCUT2D eigenvalue weighted by molar-refractivity contribution is 5.79. The summed E-state index contributed by atoms with van der Waals surface area (Å²) in [6.07, 6.45) is 2.68. The number of hydrogen-bond donors (Lipinski definition) is 2. The Morgan fingerprint density at radius 1 is 1.28 bits per heavy atom. The molecule has 5 heteroatoms. The molecule has 0 radical (unpaired) electrons. The maximum Gasteiger partial charge on any atom is 0.191 e. The van der Waals surface area contributed by atoms with Crippen LogP contribution in [-0.2, 0) is 6.54 Å². The zero-order chi connectivity index (χ0) is 18.2. The van der Waals surface area contributed by atoms with Gasteiger partial charge < -0.3 is 20.3 Å². The molecule has 0 spiro atoms. The summed E-state index contributed by atoms with van der Waals surface area (Å²) in [5.41, 5.74) is 2.37. The summed E-state index contributed by atoms with van der Waals surface area (Å²) in [7, 11) is 4.02. The van der Waals surface area contributed by atoms with Gasteiger partial charge in [-0.25, -0.2) is 0 Å². The second-order valence-corrected chi connectivity index (χ2v) is 7.33. The molecule has 1 heterocycles. The van der Waals surface area contributed by atoms with Crippen molar-refractivity contribution >= 4 is 5.96 Å². The van der Waals surface area contributed by atoms with Crippen LogP contribution in [0.2, 0.25) is 0 Å². The number of benzene rings is 1. The molecule has 1 aliphatic rings. The molecular formula is C20H34N4O. The Morgan fingerprint density at radius 2 is 2.00 bits per heavy atom. The van der Waals surface area contributed by atoms with Gasteiger partial charge in [0.05, 0.1) is 6.10 Å². The number of aliphatic imine (C=N–C) groups is 1. The van der Waals surface area contributed by atoms with Gasteiger partial charge in [0.15, 0.2) is 5.96 Å². The van der Waals surface area contributed by atoms with Crippen LogP contribution in [0, 0.1) is 12.8 Å². The first kappa shape index (κ1) is 19.6. The van der Waals surface area contributed by atoms with Gasteiger partial charge in [-0.3, -0.25) is 4.99 Å². The first-order valence-electron chi connectivity index (χ1n) is 9.37. The van der Waals surface area contributed by atoms with Crippen LogP contribution in [-0.4, -0.2) is 50.7 Å². The van der Waals surface area contributed by atoms with E-state index in [1.807, 2.05) is 7.05 Å². The normalized spacial score (nSPS) is 17.0. The van der Waals surface area contributed by atoms with Crippen molar-refractivity contribution in [2.24, 2.45) is 10.9 Å². The maximum absolute atomic E-state index is 5.95. The number of nitrogens with one attached hydrogen (secondary N) is 2. The van der Waals surface area contributed by atoms with E-state index in [2.05, 4.69) is 66.5 Å². The summed E-state index contributed by atoms with van der Waals surface area (Å²) >= 11 is 0. The molecule has 0 atom stereocenters. The van der Waals surface area contributed by atoms with Gasteiger partial charge in [-0.15, -0.1) is 0 Å². The fourth-order valence-electron chi connectivity index (χ4n) is 3.08. The summed E-state index contributed by atoms with van der Waals surface area (Å²) in [6.45, 7) is 10.3. The quantitative estimate of drug-likeness (QED) is 0.614. The number of hydrogen-bond acceptors (Lipinski definition) is 3. The standard InChI is InChI=1S/C20H34N4O/c1-15(2)25-19-12-16(3)6-7-18(19)14-23-20(21-4)22-13-17-8-10-24(5)11-9-17/h6-7,12,15,17H,8-11,13-14H2,1-5H3,(H2,21,22,23). The highest BCUT2D eigenvalue weighted by Crippen LogP contribution is 2.21. The molecule has 25 heavy (non-hydrogen) atoms.